The molecule has 0 aromatic heterocycles. The van der Waals surface area contributed by atoms with Gasteiger partial charge in [-0.1, -0.05) is 30.3 Å². The molecular formula is C10H11NO2. The average molecular weight is 177 g/mol. The minimum atomic E-state index is -0.332. The van der Waals surface area contributed by atoms with Crippen molar-refractivity contribution in [2.24, 2.45) is 0 Å². The molecule has 0 spiro atoms. The molecule has 1 aliphatic rings. The van der Waals surface area contributed by atoms with Crippen molar-refractivity contribution < 1.29 is 9.53 Å². The van der Waals surface area contributed by atoms with E-state index < -0.39 is 0 Å². The van der Waals surface area contributed by atoms with Gasteiger partial charge in [-0.05, 0) is 12.5 Å². The standard InChI is InChI=1S/C10H11NO2/c1-7-9(11-10(12)13-7)8-5-3-2-4-6-8/h2-7,9H,1H3,(H,11,12)/t7-,9+/m1/s1. The van der Waals surface area contributed by atoms with Crippen LogP contribution >= 0.6 is 0 Å². The zero-order chi connectivity index (χ0) is 9.26. The number of amides is 1. The van der Waals surface area contributed by atoms with Crippen molar-refractivity contribution in [2.75, 3.05) is 0 Å². The summed E-state index contributed by atoms with van der Waals surface area (Å²) >= 11 is 0. The Morgan fingerprint density at radius 3 is 2.54 bits per heavy atom. The number of hydrogen-bond donors (Lipinski definition) is 1. The van der Waals surface area contributed by atoms with Crippen LogP contribution in [0.2, 0.25) is 0 Å². The highest BCUT2D eigenvalue weighted by molar-refractivity contribution is 5.70. The fraction of sp³-hybridized carbons (Fsp3) is 0.300. The average Bonchev–Trinajstić information content (AvgIpc) is 2.47. The Morgan fingerprint density at radius 1 is 1.31 bits per heavy atom. The number of cyclic esters (lactones) is 1. The van der Waals surface area contributed by atoms with Crippen LogP contribution < -0.4 is 5.32 Å². The van der Waals surface area contributed by atoms with Crippen molar-refractivity contribution in [3.63, 3.8) is 0 Å². The van der Waals surface area contributed by atoms with Gasteiger partial charge in [0.25, 0.3) is 0 Å². The summed E-state index contributed by atoms with van der Waals surface area (Å²) in [5.41, 5.74) is 1.08. The predicted octanol–water partition coefficient (Wildman–Crippen LogP) is 1.86. The summed E-state index contributed by atoms with van der Waals surface area (Å²) in [7, 11) is 0. The molecule has 13 heavy (non-hydrogen) atoms. The molecule has 3 nitrogen and oxygen atoms in total. The van der Waals surface area contributed by atoms with Gasteiger partial charge in [-0.2, -0.15) is 0 Å². The first kappa shape index (κ1) is 8.10. The van der Waals surface area contributed by atoms with E-state index in [2.05, 4.69) is 5.32 Å². The van der Waals surface area contributed by atoms with Gasteiger partial charge in [-0.15, -0.1) is 0 Å². The quantitative estimate of drug-likeness (QED) is 0.711. The molecule has 0 radical (unpaired) electrons. The maximum Gasteiger partial charge on any atom is 0.408 e. The second-order valence-electron chi connectivity index (χ2n) is 3.14. The van der Waals surface area contributed by atoms with Crippen LogP contribution in [0.15, 0.2) is 30.3 Å². The number of alkyl carbamates (subject to hydrolysis) is 1. The molecular weight excluding hydrogens is 166 g/mol. The van der Waals surface area contributed by atoms with E-state index in [1.165, 1.54) is 0 Å². The van der Waals surface area contributed by atoms with Gasteiger partial charge in [0.1, 0.15) is 6.10 Å². The Kier molecular flexibility index (Phi) is 1.93. The number of carbonyl (C=O) groups excluding carboxylic acids is 1. The number of hydrogen-bond acceptors (Lipinski definition) is 2. The minimum Gasteiger partial charge on any atom is -0.444 e. The van der Waals surface area contributed by atoms with Crippen molar-refractivity contribution in [1.29, 1.82) is 0 Å². The van der Waals surface area contributed by atoms with E-state index in [0.717, 1.165) is 5.56 Å². The molecule has 68 valence electrons. The van der Waals surface area contributed by atoms with Crippen LogP contribution in [0.4, 0.5) is 4.79 Å². The lowest BCUT2D eigenvalue weighted by Crippen LogP contribution is -2.20. The van der Waals surface area contributed by atoms with Crippen LogP contribution in [0, 0.1) is 0 Å². The van der Waals surface area contributed by atoms with Gasteiger partial charge in [0.2, 0.25) is 0 Å². The lowest BCUT2D eigenvalue weighted by Gasteiger charge is -2.12. The molecule has 1 fully saturated rings. The molecule has 1 aliphatic heterocycles. The highest BCUT2D eigenvalue weighted by atomic mass is 16.6. The first-order valence-corrected chi connectivity index (χ1v) is 4.29. The van der Waals surface area contributed by atoms with Crippen LogP contribution in [0.3, 0.4) is 0 Å². The van der Waals surface area contributed by atoms with Gasteiger partial charge in [-0.3, -0.25) is 0 Å². The SMILES string of the molecule is C[C@H]1OC(=O)N[C@@H]1c1ccccc1. The van der Waals surface area contributed by atoms with E-state index in [1.807, 2.05) is 37.3 Å². The highest BCUT2D eigenvalue weighted by Gasteiger charge is 2.31. The Bertz CT molecular complexity index is 310. The molecule has 2 rings (SSSR count). The van der Waals surface area contributed by atoms with Crippen molar-refractivity contribution in [3.05, 3.63) is 35.9 Å². The van der Waals surface area contributed by atoms with Crippen molar-refractivity contribution in [1.82, 2.24) is 5.32 Å². The molecule has 0 bridgehead atoms. The number of carbonyl (C=O) groups is 1. The van der Waals surface area contributed by atoms with Crippen molar-refractivity contribution in [3.8, 4) is 0 Å². The molecule has 0 aliphatic carbocycles. The number of nitrogens with one attached hydrogen (secondary N) is 1. The lowest BCUT2D eigenvalue weighted by atomic mass is 10.0. The van der Waals surface area contributed by atoms with Crippen molar-refractivity contribution >= 4 is 6.09 Å². The van der Waals surface area contributed by atoms with Crippen LogP contribution in [0.5, 0.6) is 0 Å². The van der Waals surface area contributed by atoms with E-state index in [0.29, 0.717) is 0 Å². The van der Waals surface area contributed by atoms with Crippen LogP contribution in [-0.4, -0.2) is 12.2 Å². The maximum absolute atomic E-state index is 10.9. The molecule has 0 unspecified atom stereocenters. The largest absolute Gasteiger partial charge is 0.444 e. The third-order valence-corrected chi connectivity index (χ3v) is 2.19. The fourth-order valence-electron chi connectivity index (χ4n) is 1.53. The van der Waals surface area contributed by atoms with Gasteiger partial charge in [0, 0.05) is 0 Å². The van der Waals surface area contributed by atoms with Crippen LogP contribution in [0.1, 0.15) is 18.5 Å². The summed E-state index contributed by atoms with van der Waals surface area (Å²) in [5, 5.41) is 2.76. The monoisotopic (exact) mass is 177 g/mol. The van der Waals surface area contributed by atoms with E-state index in [4.69, 9.17) is 4.74 Å². The predicted molar refractivity (Wildman–Crippen MR) is 48.3 cm³/mol. The molecule has 2 atom stereocenters. The minimum absolute atomic E-state index is 0.00583. The normalized spacial score (nSPS) is 26.7. The van der Waals surface area contributed by atoms with E-state index >= 15 is 0 Å². The summed E-state index contributed by atoms with van der Waals surface area (Å²) in [6.45, 7) is 1.88. The summed E-state index contributed by atoms with van der Waals surface area (Å²) in [6.07, 6.45) is -0.420. The summed E-state index contributed by atoms with van der Waals surface area (Å²) in [5.74, 6) is 0. The first-order valence-electron chi connectivity index (χ1n) is 4.29. The number of ether oxygens (including phenoxy) is 1. The molecule has 1 aromatic carbocycles. The molecule has 1 saturated heterocycles. The molecule has 3 heteroatoms. The lowest BCUT2D eigenvalue weighted by molar-refractivity contribution is 0.141. The summed E-state index contributed by atoms with van der Waals surface area (Å²) < 4.78 is 4.98. The van der Waals surface area contributed by atoms with E-state index in [-0.39, 0.29) is 18.2 Å². The van der Waals surface area contributed by atoms with Gasteiger partial charge in [-0.25, -0.2) is 4.79 Å². The van der Waals surface area contributed by atoms with Gasteiger partial charge >= 0.3 is 6.09 Å². The Hall–Kier alpha value is -1.51. The van der Waals surface area contributed by atoms with Crippen molar-refractivity contribution in [2.45, 2.75) is 19.1 Å². The third-order valence-electron chi connectivity index (χ3n) is 2.19. The maximum atomic E-state index is 10.9. The Balaban J connectivity index is 2.23. The number of benzene rings is 1. The Morgan fingerprint density at radius 2 is 2.00 bits per heavy atom. The molecule has 1 amide bonds. The van der Waals surface area contributed by atoms with Crippen LogP contribution in [-0.2, 0) is 4.74 Å². The zero-order valence-corrected chi connectivity index (χ0v) is 7.36. The third kappa shape index (κ3) is 1.49. The van der Waals surface area contributed by atoms with Gasteiger partial charge in [0.05, 0.1) is 6.04 Å². The highest BCUT2D eigenvalue weighted by Crippen LogP contribution is 2.23. The first-order chi connectivity index (χ1) is 6.27. The van der Waals surface area contributed by atoms with E-state index in [1.54, 1.807) is 0 Å². The van der Waals surface area contributed by atoms with Gasteiger partial charge < -0.3 is 10.1 Å². The van der Waals surface area contributed by atoms with Crippen LogP contribution in [0.25, 0.3) is 0 Å². The fourth-order valence-corrected chi connectivity index (χ4v) is 1.53. The second-order valence-corrected chi connectivity index (χ2v) is 3.14. The zero-order valence-electron chi connectivity index (χ0n) is 7.36. The molecule has 1 N–H and O–H groups in total. The summed E-state index contributed by atoms with van der Waals surface area (Å²) in [6, 6.07) is 9.81. The number of rotatable bonds is 1. The second kappa shape index (κ2) is 3.09. The topological polar surface area (TPSA) is 38.3 Å². The van der Waals surface area contributed by atoms with E-state index in [9.17, 15) is 4.79 Å². The van der Waals surface area contributed by atoms with Gasteiger partial charge in [0.15, 0.2) is 0 Å². The molecule has 1 aromatic rings. The summed E-state index contributed by atoms with van der Waals surface area (Å²) in [4.78, 5) is 10.9. The molecule has 0 saturated carbocycles. The Labute approximate surface area is 76.7 Å². The molecule has 1 heterocycles. The smallest absolute Gasteiger partial charge is 0.408 e.